The Bertz CT molecular complexity index is 796. The van der Waals surface area contributed by atoms with Crippen LogP contribution in [0.1, 0.15) is 36.6 Å². The zero-order valence-electron chi connectivity index (χ0n) is 12.2. The smallest absolute Gasteiger partial charge is 0.338 e. The maximum Gasteiger partial charge on any atom is 0.338 e. The number of esters is 1. The van der Waals surface area contributed by atoms with Gasteiger partial charge in [-0.2, -0.15) is 0 Å². The maximum atomic E-state index is 13.4. The van der Waals surface area contributed by atoms with Crippen molar-refractivity contribution >= 4 is 17.8 Å². The first-order chi connectivity index (χ1) is 11.0. The van der Waals surface area contributed by atoms with E-state index in [1.165, 1.54) is 19.2 Å². The van der Waals surface area contributed by atoms with E-state index in [2.05, 4.69) is 4.74 Å². The molecule has 0 atom stereocenters. The van der Waals surface area contributed by atoms with Crippen LogP contribution in [0.4, 0.5) is 4.39 Å². The van der Waals surface area contributed by atoms with E-state index in [1.807, 2.05) is 0 Å². The van der Waals surface area contributed by atoms with E-state index in [1.54, 1.807) is 24.3 Å². The quantitative estimate of drug-likeness (QED) is 0.645. The molecule has 0 bridgehead atoms. The number of carbonyl (C=O) groups excluding carboxylic acids is 3. The minimum Gasteiger partial charge on any atom is -0.465 e. The number of carbonyl (C=O) groups is 3. The van der Waals surface area contributed by atoms with Crippen LogP contribution in [0.2, 0.25) is 0 Å². The fourth-order valence-electron chi connectivity index (χ4n) is 2.54. The Morgan fingerprint density at radius 3 is 2.26 bits per heavy atom. The number of benzene rings is 2. The molecule has 23 heavy (non-hydrogen) atoms. The molecular formula is C17H12FNO4. The summed E-state index contributed by atoms with van der Waals surface area (Å²) in [7, 11) is 1.18. The normalized spacial score (nSPS) is 13.2. The lowest BCUT2D eigenvalue weighted by Crippen LogP contribution is -2.30. The molecule has 2 aromatic carbocycles. The van der Waals surface area contributed by atoms with Gasteiger partial charge in [-0.25, -0.2) is 9.18 Å². The third kappa shape index (κ3) is 2.48. The lowest BCUT2D eigenvalue weighted by molar-refractivity contribution is 0.0583. The van der Waals surface area contributed by atoms with E-state index in [0.29, 0.717) is 16.7 Å². The molecule has 0 radical (unpaired) electrons. The number of hydrogen-bond donors (Lipinski definition) is 0. The fraction of sp³-hybridized carbons (Fsp3) is 0.118. The van der Waals surface area contributed by atoms with Crippen molar-refractivity contribution in [3.8, 4) is 0 Å². The largest absolute Gasteiger partial charge is 0.465 e. The number of nitrogens with zero attached hydrogens (tertiary/aromatic N) is 1. The van der Waals surface area contributed by atoms with Gasteiger partial charge in [-0.15, -0.1) is 0 Å². The van der Waals surface area contributed by atoms with Gasteiger partial charge < -0.3 is 4.74 Å². The molecule has 116 valence electrons. The molecule has 0 saturated heterocycles. The van der Waals surface area contributed by atoms with Crippen molar-refractivity contribution in [2.75, 3.05) is 7.11 Å². The molecule has 1 heterocycles. The van der Waals surface area contributed by atoms with E-state index < -0.39 is 23.6 Å². The van der Waals surface area contributed by atoms with Crippen LogP contribution in [0.5, 0.6) is 0 Å². The summed E-state index contributed by atoms with van der Waals surface area (Å²) in [6.45, 7) is -0.128. The SMILES string of the molecule is COC(=O)c1cc(F)ccc1CN1C(=O)c2ccccc2C1=O. The summed E-state index contributed by atoms with van der Waals surface area (Å²) in [5, 5.41) is 0. The first-order valence-electron chi connectivity index (χ1n) is 6.85. The van der Waals surface area contributed by atoms with Gasteiger partial charge in [-0.05, 0) is 29.8 Å². The minimum absolute atomic E-state index is 0.0101. The molecule has 0 fully saturated rings. The van der Waals surface area contributed by atoms with Crippen molar-refractivity contribution in [1.29, 1.82) is 0 Å². The van der Waals surface area contributed by atoms with Gasteiger partial charge in [-0.1, -0.05) is 18.2 Å². The monoisotopic (exact) mass is 313 g/mol. The van der Waals surface area contributed by atoms with Crippen LogP contribution >= 0.6 is 0 Å². The van der Waals surface area contributed by atoms with Gasteiger partial charge in [0.05, 0.1) is 30.3 Å². The van der Waals surface area contributed by atoms with Gasteiger partial charge in [0.2, 0.25) is 0 Å². The van der Waals surface area contributed by atoms with Crippen LogP contribution in [-0.4, -0.2) is 29.8 Å². The van der Waals surface area contributed by atoms with Crippen molar-refractivity contribution in [2.45, 2.75) is 6.54 Å². The second-order valence-corrected chi connectivity index (χ2v) is 5.04. The van der Waals surface area contributed by atoms with Crippen molar-refractivity contribution < 1.29 is 23.5 Å². The molecule has 0 aromatic heterocycles. The average molecular weight is 313 g/mol. The van der Waals surface area contributed by atoms with Crippen LogP contribution in [-0.2, 0) is 11.3 Å². The van der Waals surface area contributed by atoms with Gasteiger partial charge in [0, 0.05) is 0 Å². The highest BCUT2D eigenvalue weighted by Crippen LogP contribution is 2.25. The van der Waals surface area contributed by atoms with Crippen LogP contribution in [0.3, 0.4) is 0 Å². The zero-order valence-corrected chi connectivity index (χ0v) is 12.2. The highest BCUT2D eigenvalue weighted by molar-refractivity contribution is 6.21. The Hall–Kier alpha value is -3.02. The molecule has 1 aliphatic rings. The highest BCUT2D eigenvalue weighted by Gasteiger charge is 2.35. The van der Waals surface area contributed by atoms with Crippen LogP contribution in [0.15, 0.2) is 42.5 Å². The summed E-state index contributed by atoms with van der Waals surface area (Å²) in [5.41, 5.74) is 0.968. The van der Waals surface area contributed by atoms with Gasteiger partial charge in [0.25, 0.3) is 11.8 Å². The lowest BCUT2D eigenvalue weighted by atomic mass is 10.1. The number of imide groups is 1. The topological polar surface area (TPSA) is 63.7 Å². The standard InChI is InChI=1S/C17H12FNO4/c1-23-17(22)14-8-11(18)7-6-10(14)9-19-15(20)12-4-2-3-5-13(12)16(19)21/h2-8H,9H2,1H3. The molecule has 3 rings (SSSR count). The molecule has 1 aliphatic heterocycles. The van der Waals surface area contributed by atoms with Gasteiger partial charge in [0.1, 0.15) is 5.82 Å². The number of amides is 2. The van der Waals surface area contributed by atoms with E-state index in [4.69, 9.17) is 0 Å². The summed E-state index contributed by atoms with van der Waals surface area (Å²) in [6.07, 6.45) is 0. The molecule has 5 nitrogen and oxygen atoms in total. The van der Waals surface area contributed by atoms with Crippen LogP contribution in [0.25, 0.3) is 0 Å². The summed E-state index contributed by atoms with van der Waals surface area (Å²) >= 11 is 0. The summed E-state index contributed by atoms with van der Waals surface area (Å²) in [5.74, 6) is -2.20. The number of ether oxygens (including phenoxy) is 1. The Labute approximate surface area is 131 Å². The number of halogens is 1. The summed E-state index contributed by atoms with van der Waals surface area (Å²) < 4.78 is 18.0. The highest BCUT2D eigenvalue weighted by atomic mass is 19.1. The van der Waals surface area contributed by atoms with E-state index in [-0.39, 0.29) is 12.1 Å². The fourth-order valence-corrected chi connectivity index (χ4v) is 2.54. The minimum atomic E-state index is -0.726. The Morgan fingerprint density at radius 2 is 1.70 bits per heavy atom. The average Bonchev–Trinajstić information content (AvgIpc) is 2.81. The summed E-state index contributed by atoms with van der Waals surface area (Å²) in [6, 6.07) is 10.0. The van der Waals surface area contributed by atoms with Gasteiger partial charge in [-0.3, -0.25) is 14.5 Å². The second kappa shape index (κ2) is 5.64. The van der Waals surface area contributed by atoms with E-state index in [0.717, 1.165) is 11.0 Å². The molecule has 0 spiro atoms. The van der Waals surface area contributed by atoms with Gasteiger partial charge in [0.15, 0.2) is 0 Å². The Morgan fingerprint density at radius 1 is 1.09 bits per heavy atom. The number of fused-ring (bicyclic) bond motifs is 1. The number of rotatable bonds is 3. The second-order valence-electron chi connectivity index (χ2n) is 5.04. The van der Waals surface area contributed by atoms with Crippen LogP contribution in [0, 0.1) is 5.82 Å². The van der Waals surface area contributed by atoms with Crippen LogP contribution < -0.4 is 0 Å². The lowest BCUT2D eigenvalue weighted by Gasteiger charge is -2.16. The predicted molar refractivity (Wildman–Crippen MR) is 78.4 cm³/mol. The third-order valence-electron chi connectivity index (χ3n) is 3.68. The van der Waals surface area contributed by atoms with Crippen molar-refractivity contribution in [3.63, 3.8) is 0 Å². The number of hydrogen-bond acceptors (Lipinski definition) is 4. The first-order valence-corrected chi connectivity index (χ1v) is 6.85. The van der Waals surface area contributed by atoms with Crippen molar-refractivity contribution in [2.24, 2.45) is 0 Å². The maximum absolute atomic E-state index is 13.4. The number of methoxy groups -OCH3 is 1. The Balaban J connectivity index is 1.97. The Kier molecular flexibility index (Phi) is 3.65. The molecule has 0 unspecified atom stereocenters. The third-order valence-corrected chi connectivity index (χ3v) is 3.68. The summed E-state index contributed by atoms with van der Waals surface area (Å²) in [4.78, 5) is 37.5. The predicted octanol–water partition coefficient (Wildman–Crippen LogP) is 2.41. The first kappa shape index (κ1) is 14.9. The molecule has 0 N–H and O–H groups in total. The molecular weight excluding hydrogens is 301 g/mol. The molecule has 2 aromatic rings. The zero-order chi connectivity index (χ0) is 16.6. The van der Waals surface area contributed by atoms with Gasteiger partial charge >= 0.3 is 5.97 Å². The molecule has 0 aliphatic carbocycles. The molecule has 2 amide bonds. The van der Waals surface area contributed by atoms with Crippen molar-refractivity contribution in [3.05, 3.63) is 70.5 Å². The van der Waals surface area contributed by atoms with E-state index >= 15 is 0 Å². The molecule has 6 heteroatoms. The van der Waals surface area contributed by atoms with Crippen molar-refractivity contribution in [1.82, 2.24) is 4.90 Å². The molecule has 0 saturated carbocycles. The van der Waals surface area contributed by atoms with E-state index in [9.17, 15) is 18.8 Å².